The molecule has 3 aromatic rings. The Hall–Kier alpha value is -2.89. The van der Waals surface area contributed by atoms with Gasteiger partial charge in [0.05, 0.1) is 18.1 Å². The molecule has 0 bridgehead atoms. The molecule has 6 heteroatoms. The number of methoxy groups -OCH3 is 1. The van der Waals surface area contributed by atoms with Crippen molar-refractivity contribution >= 4 is 17.0 Å². The van der Waals surface area contributed by atoms with Gasteiger partial charge in [0.1, 0.15) is 5.75 Å². The number of rotatable bonds is 4. The van der Waals surface area contributed by atoms with Crippen LogP contribution in [0.4, 0.5) is 5.95 Å². The number of anilines is 1. The van der Waals surface area contributed by atoms with Gasteiger partial charge < -0.3 is 24.5 Å². The number of benzene rings is 2. The lowest BCUT2D eigenvalue weighted by atomic mass is 10.2. The third-order valence-electron chi connectivity index (χ3n) is 3.60. The summed E-state index contributed by atoms with van der Waals surface area (Å²) in [7, 11) is 1.66. The number of ether oxygens (including phenoxy) is 3. The Morgan fingerprint density at radius 1 is 1.18 bits per heavy atom. The molecule has 0 unspecified atom stereocenters. The van der Waals surface area contributed by atoms with Crippen molar-refractivity contribution in [2.24, 2.45) is 0 Å². The van der Waals surface area contributed by atoms with Crippen molar-refractivity contribution < 1.29 is 14.2 Å². The van der Waals surface area contributed by atoms with E-state index in [0.717, 1.165) is 39.8 Å². The van der Waals surface area contributed by atoms with Crippen LogP contribution in [-0.4, -0.2) is 23.9 Å². The second-order valence-corrected chi connectivity index (χ2v) is 5.01. The molecule has 0 saturated carbocycles. The van der Waals surface area contributed by atoms with Crippen molar-refractivity contribution in [1.82, 2.24) is 9.97 Å². The molecular formula is C16H15N3O3. The van der Waals surface area contributed by atoms with Crippen LogP contribution in [0.1, 0.15) is 5.56 Å². The smallest absolute Gasteiger partial charge is 0.231 e. The van der Waals surface area contributed by atoms with Gasteiger partial charge in [-0.25, -0.2) is 4.98 Å². The van der Waals surface area contributed by atoms with Gasteiger partial charge in [-0.15, -0.1) is 0 Å². The Labute approximate surface area is 127 Å². The van der Waals surface area contributed by atoms with Crippen LogP contribution < -0.4 is 19.5 Å². The lowest BCUT2D eigenvalue weighted by Crippen LogP contribution is -2.00. The van der Waals surface area contributed by atoms with E-state index < -0.39 is 0 Å². The zero-order valence-electron chi connectivity index (χ0n) is 12.1. The average molecular weight is 297 g/mol. The predicted molar refractivity (Wildman–Crippen MR) is 82.5 cm³/mol. The number of hydrogen-bond acceptors (Lipinski definition) is 5. The number of H-pyrrole nitrogens is 1. The van der Waals surface area contributed by atoms with Crippen molar-refractivity contribution in [2.45, 2.75) is 6.54 Å². The molecule has 1 aromatic heterocycles. The summed E-state index contributed by atoms with van der Waals surface area (Å²) in [4.78, 5) is 7.75. The van der Waals surface area contributed by atoms with Crippen LogP contribution in [0.3, 0.4) is 0 Å². The first-order valence-electron chi connectivity index (χ1n) is 6.98. The fourth-order valence-corrected chi connectivity index (χ4v) is 2.41. The molecule has 0 fully saturated rings. The van der Waals surface area contributed by atoms with Gasteiger partial charge in [0.2, 0.25) is 12.7 Å². The second kappa shape index (κ2) is 5.14. The van der Waals surface area contributed by atoms with Crippen LogP contribution in [-0.2, 0) is 6.54 Å². The van der Waals surface area contributed by atoms with Gasteiger partial charge in [-0.2, -0.15) is 0 Å². The summed E-state index contributed by atoms with van der Waals surface area (Å²) < 4.78 is 15.9. The maximum atomic E-state index is 5.36. The summed E-state index contributed by atoms with van der Waals surface area (Å²) in [5.74, 6) is 3.05. The average Bonchev–Trinajstić information content (AvgIpc) is 3.16. The fourth-order valence-electron chi connectivity index (χ4n) is 2.41. The van der Waals surface area contributed by atoms with E-state index in [9.17, 15) is 0 Å². The molecule has 0 amide bonds. The van der Waals surface area contributed by atoms with E-state index in [0.29, 0.717) is 6.54 Å². The normalized spacial score (nSPS) is 12.6. The molecule has 1 aliphatic rings. The number of nitrogens with zero attached hydrogens (tertiary/aromatic N) is 1. The Kier molecular flexibility index (Phi) is 3.00. The molecule has 1 aliphatic heterocycles. The summed E-state index contributed by atoms with van der Waals surface area (Å²) in [5, 5.41) is 3.27. The number of aromatic amines is 1. The third kappa shape index (κ3) is 2.28. The molecule has 0 saturated heterocycles. The quantitative estimate of drug-likeness (QED) is 0.775. The zero-order valence-corrected chi connectivity index (χ0v) is 12.1. The molecule has 4 rings (SSSR count). The van der Waals surface area contributed by atoms with Crippen LogP contribution in [0.5, 0.6) is 17.2 Å². The highest BCUT2D eigenvalue weighted by Crippen LogP contribution is 2.35. The first-order chi connectivity index (χ1) is 10.8. The number of aromatic nitrogens is 2. The topological polar surface area (TPSA) is 68.4 Å². The minimum Gasteiger partial charge on any atom is -0.497 e. The Bertz CT molecular complexity index is 770. The van der Waals surface area contributed by atoms with Crippen LogP contribution >= 0.6 is 0 Å². The maximum Gasteiger partial charge on any atom is 0.231 e. The van der Waals surface area contributed by atoms with E-state index in [1.807, 2.05) is 36.4 Å². The van der Waals surface area contributed by atoms with Crippen LogP contribution in [0, 0.1) is 0 Å². The Balaban J connectivity index is 1.51. The number of nitrogens with one attached hydrogen (secondary N) is 2. The van der Waals surface area contributed by atoms with Crippen molar-refractivity contribution in [3.63, 3.8) is 0 Å². The maximum absolute atomic E-state index is 5.36. The number of hydrogen-bond donors (Lipinski definition) is 2. The third-order valence-corrected chi connectivity index (χ3v) is 3.60. The highest BCUT2D eigenvalue weighted by atomic mass is 16.7. The van der Waals surface area contributed by atoms with Gasteiger partial charge in [-0.1, -0.05) is 12.1 Å². The molecule has 2 heterocycles. The van der Waals surface area contributed by atoms with Crippen LogP contribution in [0.25, 0.3) is 11.0 Å². The van der Waals surface area contributed by atoms with E-state index in [4.69, 9.17) is 14.2 Å². The standard InChI is InChI=1S/C16H15N3O3/c1-20-11-4-2-10(3-5-11)8-17-16-18-12-6-14-15(22-9-21-14)7-13(12)19-16/h2-7H,8-9H2,1H3,(H2,17,18,19). The lowest BCUT2D eigenvalue weighted by molar-refractivity contribution is 0.174. The molecule has 0 radical (unpaired) electrons. The summed E-state index contributed by atoms with van der Waals surface area (Å²) in [6.45, 7) is 0.945. The molecule has 112 valence electrons. The van der Waals surface area contributed by atoms with Gasteiger partial charge in [0.15, 0.2) is 11.5 Å². The van der Waals surface area contributed by atoms with E-state index in [1.165, 1.54) is 0 Å². The van der Waals surface area contributed by atoms with Crippen LogP contribution in [0.2, 0.25) is 0 Å². The minimum absolute atomic E-state index is 0.268. The van der Waals surface area contributed by atoms with E-state index in [2.05, 4.69) is 15.3 Å². The van der Waals surface area contributed by atoms with Crippen molar-refractivity contribution in [2.75, 3.05) is 19.2 Å². The Morgan fingerprint density at radius 2 is 1.95 bits per heavy atom. The van der Waals surface area contributed by atoms with Crippen molar-refractivity contribution in [3.8, 4) is 17.2 Å². The van der Waals surface area contributed by atoms with Crippen molar-refractivity contribution in [1.29, 1.82) is 0 Å². The predicted octanol–water partition coefficient (Wildman–Crippen LogP) is 2.91. The monoisotopic (exact) mass is 297 g/mol. The van der Waals surface area contributed by atoms with E-state index in [1.54, 1.807) is 7.11 Å². The summed E-state index contributed by atoms with van der Waals surface area (Å²) >= 11 is 0. The van der Waals surface area contributed by atoms with Gasteiger partial charge in [0.25, 0.3) is 0 Å². The first kappa shape index (κ1) is 12.8. The molecule has 0 aliphatic carbocycles. The van der Waals surface area contributed by atoms with Gasteiger partial charge in [-0.3, -0.25) is 0 Å². The lowest BCUT2D eigenvalue weighted by Gasteiger charge is -2.04. The number of imidazole rings is 1. The highest BCUT2D eigenvalue weighted by molar-refractivity contribution is 5.81. The SMILES string of the molecule is COc1ccc(CNc2nc3cc4c(cc3[nH]2)OCO4)cc1. The first-order valence-corrected chi connectivity index (χ1v) is 6.98. The van der Waals surface area contributed by atoms with Gasteiger partial charge >= 0.3 is 0 Å². The number of fused-ring (bicyclic) bond motifs is 2. The van der Waals surface area contributed by atoms with Crippen LogP contribution in [0.15, 0.2) is 36.4 Å². The van der Waals surface area contributed by atoms with Gasteiger partial charge in [0, 0.05) is 18.7 Å². The van der Waals surface area contributed by atoms with Crippen molar-refractivity contribution in [3.05, 3.63) is 42.0 Å². The van der Waals surface area contributed by atoms with Gasteiger partial charge in [-0.05, 0) is 17.7 Å². The molecule has 2 aromatic carbocycles. The molecular weight excluding hydrogens is 282 g/mol. The van der Waals surface area contributed by atoms with E-state index >= 15 is 0 Å². The highest BCUT2D eigenvalue weighted by Gasteiger charge is 2.16. The molecule has 22 heavy (non-hydrogen) atoms. The molecule has 0 atom stereocenters. The largest absolute Gasteiger partial charge is 0.497 e. The zero-order chi connectivity index (χ0) is 14.9. The molecule has 6 nitrogen and oxygen atoms in total. The molecule has 2 N–H and O–H groups in total. The summed E-state index contributed by atoms with van der Waals surface area (Å²) in [6, 6.07) is 11.7. The Morgan fingerprint density at radius 3 is 2.73 bits per heavy atom. The molecule has 0 spiro atoms. The van der Waals surface area contributed by atoms with E-state index in [-0.39, 0.29) is 6.79 Å². The fraction of sp³-hybridized carbons (Fsp3) is 0.188. The summed E-state index contributed by atoms with van der Waals surface area (Å²) in [5.41, 5.74) is 2.92. The summed E-state index contributed by atoms with van der Waals surface area (Å²) in [6.07, 6.45) is 0. The minimum atomic E-state index is 0.268. The second-order valence-electron chi connectivity index (χ2n) is 5.01.